The van der Waals surface area contributed by atoms with Gasteiger partial charge in [0.25, 0.3) is 5.56 Å². The van der Waals surface area contributed by atoms with Crippen molar-refractivity contribution in [3.05, 3.63) is 69.2 Å². The Bertz CT molecular complexity index is 1420. The number of nitriles is 1. The molecule has 0 bridgehead atoms. The SMILES string of the molecule is Cc1c(C#N)c2nc3ccccc3n2c(=O)c1=CNc1ccc2c(c1)OCO2. The van der Waals surface area contributed by atoms with Crippen molar-refractivity contribution in [1.29, 1.82) is 5.26 Å². The van der Waals surface area contributed by atoms with E-state index < -0.39 is 0 Å². The van der Waals surface area contributed by atoms with E-state index >= 15 is 0 Å². The van der Waals surface area contributed by atoms with Gasteiger partial charge < -0.3 is 14.8 Å². The smallest absolute Gasteiger partial charge is 0.265 e. The third kappa shape index (κ3) is 2.28. The molecule has 2 aromatic heterocycles. The molecule has 0 saturated carbocycles. The van der Waals surface area contributed by atoms with Gasteiger partial charge in [0.15, 0.2) is 17.1 Å². The van der Waals surface area contributed by atoms with Crippen LogP contribution in [0.3, 0.4) is 0 Å². The van der Waals surface area contributed by atoms with Crippen LogP contribution in [0.5, 0.6) is 11.5 Å². The van der Waals surface area contributed by atoms with Crippen LogP contribution in [-0.2, 0) is 0 Å². The van der Waals surface area contributed by atoms with Crippen LogP contribution in [0.1, 0.15) is 11.1 Å². The zero-order chi connectivity index (χ0) is 19.3. The van der Waals surface area contributed by atoms with E-state index in [1.165, 1.54) is 4.40 Å². The number of hydrogen-bond acceptors (Lipinski definition) is 6. The van der Waals surface area contributed by atoms with E-state index in [0.717, 1.165) is 5.69 Å². The van der Waals surface area contributed by atoms with Gasteiger partial charge in [-0.1, -0.05) is 12.1 Å². The summed E-state index contributed by atoms with van der Waals surface area (Å²) in [5.74, 6) is 1.33. The van der Waals surface area contributed by atoms with Gasteiger partial charge in [0, 0.05) is 18.0 Å². The summed E-state index contributed by atoms with van der Waals surface area (Å²) in [6, 6.07) is 15.0. The fraction of sp³-hybridized carbons (Fsp3) is 0.0952. The van der Waals surface area contributed by atoms with E-state index in [9.17, 15) is 10.1 Å². The van der Waals surface area contributed by atoms with Crippen LogP contribution in [0, 0.1) is 18.3 Å². The van der Waals surface area contributed by atoms with Gasteiger partial charge in [-0.05, 0) is 36.8 Å². The molecule has 7 heteroatoms. The maximum absolute atomic E-state index is 13.2. The van der Waals surface area contributed by atoms with Crippen LogP contribution in [0.2, 0.25) is 0 Å². The van der Waals surface area contributed by atoms with Gasteiger partial charge in [-0.15, -0.1) is 0 Å². The first kappa shape index (κ1) is 16.1. The highest BCUT2D eigenvalue weighted by molar-refractivity contribution is 5.82. The molecule has 2 aromatic carbocycles. The van der Waals surface area contributed by atoms with Gasteiger partial charge in [0.2, 0.25) is 6.79 Å². The summed E-state index contributed by atoms with van der Waals surface area (Å²) < 4.78 is 12.2. The monoisotopic (exact) mass is 370 g/mol. The van der Waals surface area contributed by atoms with Crippen molar-refractivity contribution < 1.29 is 9.47 Å². The van der Waals surface area contributed by atoms with E-state index in [1.807, 2.05) is 30.3 Å². The Kier molecular flexibility index (Phi) is 3.46. The molecule has 7 nitrogen and oxygen atoms in total. The molecule has 0 aliphatic carbocycles. The minimum absolute atomic E-state index is 0.197. The Morgan fingerprint density at radius 3 is 2.89 bits per heavy atom. The van der Waals surface area contributed by atoms with Crippen molar-refractivity contribution >= 4 is 28.6 Å². The van der Waals surface area contributed by atoms with Crippen molar-refractivity contribution in [3.8, 4) is 17.6 Å². The standard InChI is InChI=1S/C21H14N4O3/c1-12-14(9-22)20-24-16-4-2-3-5-17(16)25(20)21(26)15(12)10-23-13-6-7-18-19(8-13)28-11-27-18/h2-8,10,23H,11H2,1H3. The minimum atomic E-state index is -0.228. The van der Waals surface area contributed by atoms with E-state index in [2.05, 4.69) is 16.4 Å². The molecule has 5 rings (SSSR count). The number of fused-ring (bicyclic) bond motifs is 4. The zero-order valence-corrected chi connectivity index (χ0v) is 14.9. The third-order valence-corrected chi connectivity index (χ3v) is 4.86. The molecule has 136 valence electrons. The number of imidazole rings is 1. The molecule has 1 N–H and O–H groups in total. The first-order valence-corrected chi connectivity index (χ1v) is 8.67. The molecule has 0 saturated heterocycles. The van der Waals surface area contributed by atoms with Crippen LogP contribution in [0.4, 0.5) is 5.69 Å². The van der Waals surface area contributed by atoms with Gasteiger partial charge in [0.1, 0.15) is 6.07 Å². The molecule has 0 amide bonds. The highest BCUT2D eigenvalue weighted by Gasteiger charge is 2.16. The number of benzene rings is 2. The maximum atomic E-state index is 13.2. The summed E-state index contributed by atoms with van der Waals surface area (Å²) in [5.41, 5.74) is 3.23. The van der Waals surface area contributed by atoms with Crippen molar-refractivity contribution in [2.75, 3.05) is 12.1 Å². The van der Waals surface area contributed by atoms with Crippen molar-refractivity contribution in [3.63, 3.8) is 0 Å². The quantitative estimate of drug-likeness (QED) is 0.583. The molecule has 28 heavy (non-hydrogen) atoms. The molecule has 3 heterocycles. The van der Waals surface area contributed by atoms with Crippen LogP contribution >= 0.6 is 0 Å². The van der Waals surface area contributed by atoms with Gasteiger partial charge in [-0.2, -0.15) is 5.26 Å². The molecule has 0 spiro atoms. The van der Waals surface area contributed by atoms with E-state index in [4.69, 9.17) is 9.47 Å². The molecule has 0 atom stereocenters. The van der Waals surface area contributed by atoms with Gasteiger partial charge >= 0.3 is 0 Å². The Hall–Kier alpha value is -4.05. The normalized spacial score (nSPS) is 13.2. The molecule has 1 aliphatic rings. The average Bonchev–Trinajstić information content (AvgIpc) is 3.32. The molecule has 1 aliphatic heterocycles. The second kappa shape index (κ2) is 5.99. The predicted molar refractivity (Wildman–Crippen MR) is 104 cm³/mol. The van der Waals surface area contributed by atoms with Crippen LogP contribution < -0.4 is 25.6 Å². The third-order valence-electron chi connectivity index (χ3n) is 4.86. The van der Waals surface area contributed by atoms with Crippen molar-refractivity contribution in [2.45, 2.75) is 6.92 Å². The number of nitrogens with one attached hydrogen (secondary N) is 1. The molecule has 0 unspecified atom stereocenters. The van der Waals surface area contributed by atoms with Crippen molar-refractivity contribution in [1.82, 2.24) is 9.38 Å². The minimum Gasteiger partial charge on any atom is -0.454 e. The van der Waals surface area contributed by atoms with Crippen molar-refractivity contribution in [2.24, 2.45) is 0 Å². The fourth-order valence-electron chi connectivity index (χ4n) is 3.43. The molecule has 4 aromatic rings. The Morgan fingerprint density at radius 2 is 2.04 bits per heavy atom. The average molecular weight is 370 g/mol. The summed E-state index contributed by atoms with van der Waals surface area (Å²) >= 11 is 0. The number of aromatic nitrogens is 2. The number of para-hydroxylation sites is 2. The largest absolute Gasteiger partial charge is 0.454 e. The Labute approximate surface area is 159 Å². The number of pyridine rings is 1. The summed E-state index contributed by atoms with van der Waals surface area (Å²) in [7, 11) is 0. The Morgan fingerprint density at radius 1 is 1.21 bits per heavy atom. The molecule has 0 radical (unpaired) electrons. The maximum Gasteiger partial charge on any atom is 0.265 e. The number of anilines is 1. The number of rotatable bonds is 2. The van der Waals surface area contributed by atoms with E-state index in [0.29, 0.717) is 44.5 Å². The Balaban J connectivity index is 1.73. The lowest BCUT2D eigenvalue weighted by molar-refractivity contribution is 0.174. The summed E-state index contributed by atoms with van der Waals surface area (Å²) in [6.45, 7) is 1.95. The van der Waals surface area contributed by atoms with Gasteiger partial charge in [-0.25, -0.2) is 4.98 Å². The topological polar surface area (TPSA) is 88.7 Å². The summed E-state index contributed by atoms with van der Waals surface area (Å²) in [5, 5.41) is 13.2. The lowest BCUT2D eigenvalue weighted by Crippen LogP contribution is -2.34. The lowest BCUT2D eigenvalue weighted by Gasteiger charge is -2.05. The second-order valence-corrected chi connectivity index (χ2v) is 6.45. The highest BCUT2D eigenvalue weighted by atomic mass is 16.7. The zero-order valence-electron chi connectivity index (χ0n) is 14.9. The van der Waals surface area contributed by atoms with E-state index in [-0.39, 0.29) is 12.4 Å². The first-order chi connectivity index (χ1) is 13.7. The fourth-order valence-corrected chi connectivity index (χ4v) is 3.43. The highest BCUT2D eigenvalue weighted by Crippen LogP contribution is 2.34. The number of ether oxygens (including phenoxy) is 2. The summed E-state index contributed by atoms with van der Waals surface area (Å²) in [6.07, 6.45) is 1.62. The van der Waals surface area contributed by atoms with Crippen LogP contribution in [0.25, 0.3) is 22.9 Å². The van der Waals surface area contributed by atoms with Crippen LogP contribution in [0.15, 0.2) is 47.3 Å². The molecule has 0 fully saturated rings. The predicted octanol–water partition coefficient (Wildman–Crippen LogP) is 2.33. The number of hydrogen-bond donors (Lipinski definition) is 1. The molecular weight excluding hydrogens is 356 g/mol. The van der Waals surface area contributed by atoms with Crippen LogP contribution in [-0.4, -0.2) is 16.2 Å². The van der Waals surface area contributed by atoms with Gasteiger partial charge in [0.05, 0.1) is 21.8 Å². The number of nitrogens with zero attached hydrogens (tertiary/aromatic N) is 3. The second-order valence-electron chi connectivity index (χ2n) is 6.45. The van der Waals surface area contributed by atoms with Gasteiger partial charge in [-0.3, -0.25) is 9.20 Å². The first-order valence-electron chi connectivity index (χ1n) is 8.67. The molecular formula is C21H14N4O3. The summed E-state index contributed by atoms with van der Waals surface area (Å²) in [4.78, 5) is 17.7. The van der Waals surface area contributed by atoms with E-state index in [1.54, 1.807) is 25.3 Å². The lowest BCUT2D eigenvalue weighted by atomic mass is 10.1.